The highest BCUT2D eigenvalue weighted by molar-refractivity contribution is 5.41. The molecule has 0 N–H and O–H groups in total. The lowest BCUT2D eigenvalue weighted by atomic mass is 10.0. The molecule has 6 nitrogen and oxygen atoms in total. The lowest BCUT2D eigenvalue weighted by molar-refractivity contribution is -0.559. The molecule has 18 heavy (non-hydrogen) atoms. The number of non-ortho nitro benzene ring substituents is 1. The fourth-order valence-corrected chi connectivity index (χ4v) is 1.09. The Bertz CT molecular complexity index is 523. The molecule has 0 fully saturated rings. The van der Waals surface area contributed by atoms with E-state index in [1.165, 1.54) is 38.1 Å². The SMILES string of the molecule is CC(C)(CC#Cc1ccc([N+](=O)[O-])cc1)[N+](=O)[O-]. The van der Waals surface area contributed by atoms with Crippen molar-refractivity contribution in [3.8, 4) is 11.8 Å². The number of hydrogen-bond acceptors (Lipinski definition) is 4. The van der Waals surface area contributed by atoms with Crippen LogP contribution in [0.15, 0.2) is 24.3 Å². The van der Waals surface area contributed by atoms with Gasteiger partial charge in [0.15, 0.2) is 0 Å². The van der Waals surface area contributed by atoms with E-state index in [-0.39, 0.29) is 17.0 Å². The smallest absolute Gasteiger partial charge is 0.264 e. The van der Waals surface area contributed by atoms with Gasteiger partial charge in [0.2, 0.25) is 5.54 Å². The van der Waals surface area contributed by atoms with Gasteiger partial charge in [0.1, 0.15) is 0 Å². The van der Waals surface area contributed by atoms with Crippen LogP contribution in [0.25, 0.3) is 0 Å². The van der Waals surface area contributed by atoms with Gasteiger partial charge in [-0.15, -0.1) is 0 Å². The lowest BCUT2D eigenvalue weighted by Crippen LogP contribution is -2.29. The van der Waals surface area contributed by atoms with Gasteiger partial charge in [0.05, 0.1) is 11.3 Å². The van der Waals surface area contributed by atoms with Crippen LogP contribution in [-0.2, 0) is 0 Å². The normalized spacial score (nSPS) is 10.3. The first-order valence-corrected chi connectivity index (χ1v) is 5.21. The zero-order valence-electron chi connectivity index (χ0n) is 10.0. The molecule has 0 spiro atoms. The van der Waals surface area contributed by atoms with Crippen molar-refractivity contribution in [2.45, 2.75) is 25.8 Å². The minimum atomic E-state index is -1.09. The average Bonchev–Trinajstić information content (AvgIpc) is 2.29. The standard InChI is InChI=1S/C12H12N2O4/c1-12(2,14(17)18)9-3-4-10-5-7-11(8-6-10)13(15)16/h5-8H,9H2,1-2H3. The Morgan fingerprint density at radius 2 is 1.72 bits per heavy atom. The first kappa shape index (κ1) is 13.6. The molecule has 0 bridgehead atoms. The molecule has 1 aromatic carbocycles. The molecule has 0 saturated carbocycles. The summed E-state index contributed by atoms with van der Waals surface area (Å²) < 4.78 is 0. The van der Waals surface area contributed by atoms with Gasteiger partial charge in [-0.05, 0) is 12.1 Å². The van der Waals surface area contributed by atoms with Gasteiger partial charge in [-0.3, -0.25) is 20.2 Å². The molecule has 0 radical (unpaired) electrons. The second-order valence-electron chi connectivity index (χ2n) is 4.35. The second-order valence-corrected chi connectivity index (χ2v) is 4.35. The third-order valence-electron chi connectivity index (χ3n) is 2.33. The molecule has 0 aromatic heterocycles. The molecule has 94 valence electrons. The monoisotopic (exact) mass is 248 g/mol. The first-order chi connectivity index (χ1) is 8.33. The number of nitrogens with zero attached hydrogens (tertiary/aromatic N) is 2. The molecule has 0 heterocycles. The minimum Gasteiger partial charge on any atom is -0.264 e. The van der Waals surface area contributed by atoms with Crippen LogP contribution in [0.1, 0.15) is 25.8 Å². The van der Waals surface area contributed by atoms with E-state index in [0.29, 0.717) is 5.56 Å². The number of rotatable bonds is 3. The Labute approximate surface area is 104 Å². The highest BCUT2D eigenvalue weighted by atomic mass is 16.6. The van der Waals surface area contributed by atoms with Gasteiger partial charge in [-0.1, -0.05) is 11.8 Å². The van der Waals surface area contributed by atoms with E-state index < -0.39 is 10.5 Å². The van der Waals surface area contributed by atoms with Crippen LogP contribution >= 0.6 is 0 Å². The van der Waals surface area contributed by atoms with Gasteiger partial charge in [0, 0.05) is 36.5 Å². The molecule has 0 atom stereocenters. The summed E-state index contributed by atoms with van der Waals surface area (Å²) in [7, 11) is 0. The van der Waals surface area contributed by atoms with Crippen molar-refractivity contribution in [2.24, 2.45) is 0 Å². The number of nitro groups is 2. The van der Waals surface area contributed by atoms with Crippen LogP contribution in [0.3, 0.4) is 0 Å². The van der Waals surface area contributed by atoms with Crippen molar-refractivity contribution in [2.75, 3.05) is 0 Å². The summed E-state index contributed by atoms with van der Waals surface area (Å²) in [6.45, 7) is 3.00. The first-order valence-electron chi connectivity index (χ1n) is 5.21. The van der Waals surface area contributed by atoms with Crippen molar-refractivity contribution >= 4 is 5.69 Å². The van der Waals surface area contributed by atoms with Crippen LogP contribution in [0.5, 0.6) is 0 Å². The number of hydrogen-bond donors (Lipinski definition) is 0. The Balaban J connectivity index is 2.75. The molecule has 1 rings (SSSR count). The van der Waals surface area contributed by atoms with E-state index in [1.807, 2.05) is 0 Å². The predicted molar refractivity (Wildman–Crippen MR) is 65.7 cm³/mol. The summed E-state index contributed by atoms with van der Waals surface area (Å²) in [6, 6.07) is 5.74. The van der Waals surface area contributed by atoms with E-state index in [2.05, 4.69) is 11.8 Å². The quantitative estimate of drug-likeness (QED) is 0.467. The zero-order valence-corrected chi connectivity index (χ0v) is 10.0. The molecule has 0 aliphatic rings. The van der Waals surface area contributed by atoms with Crippen molar-refractivity contribution in [3.05, 3.63) is 50.1 Å². The fourth-order valence-electron chi connectivity index (χ4n) is 1.09. The molecule has 1 aromatic rings. The molecule has 0 saturated heterocycles. The average molecular weight is 248 g/mol. The third-order valence-corrected chi connectivity index (χ3v) is 2.33. The minimum absolute atomic E-state index is 0.00817. The summed E-state index contributed by atoms with van der Waals surface area (Å²) in [5.41, 5.74) is -0.501. The maximum Gasteiger partial charge on any atom is 0.269 e. The summed E-state index contributed by atoms with van der Waals surface area (Å²) in [5, 5.41) is 21.1. The van der Waals surface area contributed by atoms with Crippen molar-refractivity contribution < 1.29 is 9.85 Å². The Kier molecular flexibility index (Phi) is 4.00. The van der Waals surface area contributed by atoms with Gasteiger partial charge in [-0.25, -0.2) is 0 Å². The summed E-state index contributed by atoms with van der Waals surface area (Å²) in [6.07, 6.45) is 0.122. The lowest BCUT2D eigenvalue weighted by Gasteiger charge is -2.10. The maximum atomic E-state index is 10.6. The predicted octanol–water partition coefficient (Wildman–Crippen LogP) is 2.39. The molecule has 0 aliphatic heterocycles. The van der Waals surface area contributed by atoms with E-state index in [0.717, 1.165) is 0 Å². The highest BCUT2D eigenvalue weighted by Gasteiger charge is 2.29. The second kappa shape index (κ2) is 5.27. The van der Waals surface area contributed by atoms with Gasteiger partial charge >= 0.3 is 0 Å². The van der Waals surface area contributed by atoms with Gasteiger partial charge < -0.3 is 0 Å². The molecule has 0 aliphatic carbocycles. The fraction of sp³-hybridized carbons (Fsp3) is 0.333. The number of benzene rings is 1. The Morgan fingerprint density at radius 3 is 2.17 bits per heavy atom. The van der Waals surface area contributed by atoms with Crippen LogP contribution in [0, 0.1) is 32.1 Å². The zero-order chi connectivity index (χ0) is 13.8. The van der Waals surface area contributed by atoms with Crippen LogP contribution in [0.2, 0.25) is 0 Å². The van der Waals surface area contributed by atoms with Crippen molar-refractivity contribution in [1.29, 1.82) is 0 Å². The molecule has 0 amide bonds. The van der Waals surface area contributed by atoms with E-state index in [1.54, 1.807) is 0 Å². The van der Waals surface area contributed by atoms with Crippen LogP contribution in [-0.4, -0.2) is 15.4 Å². The highest BCUT2D eigenvalue weighted by Crippen LogP contribution is 2.13. The van der Waals surface area contributed by atoms with Crippen molar-refractivity contribution in [1.82, 2.24) is 0 Å². The topological polar surface area (TPSA) is 86.3 Å². The van der Waals surface area contributed by atoms with E-state index in [9.17, 15) is 20.2 Å². The number of nitro benzene ring substituents is 1. The molecular weight excluding hydrogens is 236 g/mol. The molecule has 0 unspecified atom stereocenters. The third kappa shape index (κ3) is 3.56. The largest absolute Gasteiger partial charge is 0.269 e. The maximum absolute atomic E-state index is 10.6. The summed E-state index contributed by atoms with van der Waals surface area (Å²) >= 11 is 0. The van der Waals surface area contributed by atoms with Crippen molar-refractivity contribution in [3.63, 3.8) is 0 Å². The molecular formula is C12H12N2O4. The molecule has 6 heteroatoms. The van der Waals surface area contributed by atoms with Gasteiger partial charge in [-0.2, -0.15) is 0 Å². The Morgan fingerprint density at radius 1 is 1.17 bits per heavy atom. The van der Waals surface area contributed by atoms with Crippen LogP contribution in [0.4, 0.5) is 5.69 Å². The Hall–Kier alpha value is -2.42. The summed E-state index contributed by atoms with van der Waals surface area (Å²) in [4.78, 5) is 20.2. The summed E-state index contributed by atoms with van der Waals surface area (Å²) in [5.74, 6) is 5.46. The van der Waals surface area contributed by atoms with E-state index >= 15 is 0 Å². The van der Waals surface area contributed by atoms with Crippen LogP contribution < -0.4 is 0 Å². The van der Waals surface area contributed by atoms with Gasteiger partial charge in [0.25, 0.3) is 5.69 Å². The van der Waals surface area contributed by atoms with E-state index in [4.69, 9.17) is 0 Å².